The first-order valence-corrected chi connectivity index (χ1v) is 8.85. The minimum atomic E-state index is -0.799. The van der Waals surface area contributed by atoms with Crippen LogP contribution in [0.5, 0.6) is 5.75 Å². The Kier molecular flexibility index (Phi) is 5.60. The van der Waals surface area contributed by atoms with Crippen LogP contribution in [0.3, 0.4) is 0 Å². The van der Waals surface area contributed by atoms with Crippen LogP contribution in [0.1, 0.15) is 29.4 Å². The molecule has 0 radical (unpaired) electrons. The van der Waals surface area contributed by atoms with Crippen molar-refractivity contribution in [2.45, 2.75) is 18.9 Å². The van der Waals surface area contributed by atoms with Crippen LogP contribution >= 0.6 is 0 Å². The second-order valence-corrected chi connectivity index (χ2v) is 6.70. The van der Waals surface area contributed by atoms with E-state index < -0.39 is 23.1 Å². The molecular weight excluding hydrogens is 380 g/mol. The van der Waals surface area contributed by atoms with Crippen molar-refractivity contribution in [1.82, 2.24) is 9.13 Å². The highest BCUT2D eigenvalue weighted by molar-refractivity contribution is 5.78. The van der Waals surface area contributed by atoms with Crippen molar-refractivity contribution >= 4 is 17.0 Å². The van der Waals surface area contributed by atoms with Crippen molar-refractivity contribution in [3.63, 3.8) is 0 Å². The summed E-state index contributed by atoms with van der Waals surface area (Å²) in [6.07, 6.45) is -0.171. The van der Waals surface area contributed by atoms with Crippen molar-refractivity contribution < 1.29 is 23.8 Å². The Morgan fingerprint density at radius 2 is 1.83 bits per heavy atom. The molecule has 9 heteroatoms. The third-order valence-corrected chi connectivity index (χ3v) is 4.90. The second kappa shape index (κ2) is 7.96. The number of hydrogen-bond acceptors (Lipinski definition) is 7. The van der Waals surface area contributed by atoms with E-state index in [0.717, 1.165) is 6.07 Å². The maximum atomic E-state index is 12.2. The summed E-state index contributed by atoms with van der Waals surface area (Å²) in [5.74, 6) is -1.77. The lowest BCUT2D eigenvalue weighted by atomic mass is 9.91. The zero-order chi connectivity index (χ0) is 21.3. The van der Waals surface area contributed by atoms with Crippen LogP contribution in [0.2, 0.25) is 0 Å². The van der Waals surface area contributed by atoms with Gasteiger partial charge in [-0.15, -0.1) is 0 Å². The van der Waals surface area contributed by atoms with Gasteiger partial charge in [0.25, 0.3) is 0 Å². The number of hydrogen-bond donors (Lipinski definition) is 1. The molecule has 3 aromatic rings. The molecule has 154 valence electrons. The number of carbonyl (C=O) groups excluding carboxylic acids is 1. The lowest BCUT2D eigenvalue weighted by Crippen LogP contribution is -2.19. The van der Waals surface area contributed by atoms with Crippen LogP contribution in [0.4, 0.5) is 0 Å². The number of benzene rings is 1. The molecule has 0 aliphatic carbocycles. The molecule has 0 saturated carbocycles. The Morgan fingerprint density at radius 3 is 2.48 bits per heavy atom. The van der Waals surface area contributed by atoms with Gasteiger partial charge in [-0.1, -0.05) is 6.07 Å². The molecule has 0 fully saturated rings. The summed E-state index contributed by atoms with van der Waals surface area (Å²) in [6, 6.07) is 6.33. The fourth-order valence-electron chi connectivity index (χ4n) is 3.36. The van der Waals surface area contributed by atoms with Gasteiger partial charge in [0.2, 0.25) is 11.2 Å². The van der Waals surface area contributed by atoms with Crippen LogP contribution in [0.15, 0.2) is 38.3 Å². The number of methoxy groups -OCH3 is 2. The van der Waals surface area contributed by atoms with Gasteiger partial charge in [0.1, 0.15) is 12.4 Å². The first kappa shape index (κ1) is 20.4. The van der Waals surface area contributed by atoms with Crippen LogP contribution in [-0.4, -0.2) is 34.4 Å². The Labute approximate surface area is 165 Å². The van der Waals surface area contributed by atoms with Gasteiger partial charge in [0, 0.05) is 27.3 Å². The quantitative estimate of drug-likeness (QED) is 0.620. The SMILES string of the molecule is COCc1cc(=O)c(O)c([C@@H](CC(=O)OC)c2ccc3c(c2)n(C)c(=O)n3C)o1. The van der Waals surface area contributed by atoms with Gasteiger partial charge < -0.3 is 19.0 Å². The minimum absolute atomic E-state index is 0.0275. The highest BCUT2D eigenvalue weighted by Crippen LogP contribution is 2.34. The average Bonchev–Trinajstić information content (AvgIpc) is 2.92. The second-order valence-electron chi connectivity index (χ2n) is 6.70. The number of nitrogens with zero attached hydrogens (tertiary/aromatic N) is 2. The zero-order valence-corrected chi connectivity index (χ0v) is 16.6. The summed E-state index contributed by atoms with van der Waals surface area (Å²) < 4.78 is 18.5. The smallest absolute Gasteiger partial charge is 0.328 e. The normalized spacial score (nSPS) is 12.3. The standard InChI is InChI=1S/C20H22N2O7/c1-21-14-6-5-11(7-15(14)22(2)20(21)26)13(9-17(24)28-4)19-18(25)16(23)8-12(29-19)10-27-3/h5-8,13,25H,9-10H2,1-4H3/t13-/m0/s1. The Balaban J connectivity index is 2.23. The predicted octanol–water partition coefficient (Wildman–Crippen LogP) is 1.38. The van der Waals surface area contributed by atoms with Crippen molar-refractivity contribution in [3.05, 3.63) is 62.1 Å². The first-order valence-electron chi connectivity index (χ1n) is 8.85. The summed E-state index contributed by atoms with van der Waals surface area (Å²) in [4.78, 5) is 36.5. The number of aryl methyl sites for hydroxylation is 2. The molecule has 1 aromatic carbocycles. The van der Waals surface area contributed by atoms with Gasteiger partial charge in [0.05, 0.1) is 30.5 Å². The predicted molar refractivity (Wildman–Crippen MR) is 104 cm³/mol. The topological polar surface area (TPSA) is 113 Å². The average molecular weight is 402 g/mol. The van der Waals surface area contributed by atoms with Gasteiger partial charge in [0.15, 0.2) is 5.76 Å². The molecule has 9 nitrogen and oxygen atoms in total. The Bertz CT molecular complexity index is 1190. The molecule has 0 unspecified atom stereocenters. The van der Waals surface area contributed by atoms with Crippen LogP contribution in [0.25, 0.3) is 11.0 Å². The van der Waals surface area contributed by atoms with Gasteiger partial charge in [-0.2, -0.15) is 0 Å². The number of esters is 1. The first-order chi connectivity index (χ1) is 13.8. The zero-order valence-electron chi connectivity index (χ0n) is 16.6. The van der Waals surface area contributed by atoms with Crippen molar-refractivity contribution in [2.24, 2.45) is 14.1 Å². The van der Waals surface area contributed by atoms with Crippen LogP contribution in [-0.2, 0) is 35.0 Å². The van der Waals surface area contributed by atoms with E-state index in [1.54, 1.807) is 32.3 Å². The lowest BCUT2D eigenvalue weighted by molar-refractivity contribution is -0.140. The largest absolute Gasteiger partial charge is 0.502 e. The van der Waals surface area contributed by atoms with Crippen molar-refractivity contribution in [2.75, 3.05) is 14.2 Å². The highest BCUT2D eigenvalue weighted by Gasteiger charge is 2.27. The van der Waals surface area contributed by atoms with E-state index >= 15 is 0 Å². The third-order valence-electron chi connectivity index (χ3n) is 4.90. The number of imidazole rings is 1. The maximum Gasteiger partial charge on any atom is 0.328 e. The fraction of sp³-hybridized carbons (Fsp3) is 0.350. The van der Waals surface area contributed by atoms with E-state index in [-0.39, 0.29) is 30.2 Å². The third kappa shape index (κ3) is 3.68. The van der Waals surface area contributed by atoms with E-state index in [0.29, 0.717) is 16.6 Å². The van der Waals surface area contributed by atoms with Gasteiger partial charge >= 0.3 is 11.7 Å². The molecule has 2 heterocycles. The molecular formula is C20H22N2O7. The number of rotatable bonds is 6. The molecule has 3 rings (SSSR count). The number of carbonyl (C=O) groups is 1. The lowest BCUT2D eigenvalue weighted by Gasteiger charge is -2.17. The summed E-state index contributed by atoms with van der Waals surface area (Å²) in [7, 11) is 6.00. The minimum Gasteiger partial charge on any atom is -0.502 e. The van der Waals surface area contributed by atoms with Crippen LogP contribution < -0.4 is 11.1 Å². The van der Waals surface area contributed by atoms with E-state index in [9.17, 15) is 19.5 Å². The van der Waals surface area contributed by atoms with E-state index in [2.05, 4.69) is 0 Å². The van der Waals surface area contributed by atoms with Gasteiger partial charge in [-0.3, -0.25) is 18.7 Å². The van der Waals surface area contributed by atoms with Crippen molar-refractivity contribution in [1.29, 1.82) is 0 Å². The number of aromatic hydroxyl groups is 1. The molecule has 0 saturated heterocycles. The summed E-state index contributed by atoms with van der Waals surface area (Å²) in [5, 5.41) is 10.4. The molecule has 29 heavy (non-hydrogen) atoms. The van der Waals surface area contributed by atoms with Gasteiger partial charge in [-0.05, 0) is 17.7 Å². The summed E-state index contributed by atoms with van der Waals surface area (Å²) >= 11 is 0. The number of aromatic nitrogens is 2. The fourth-order valence-corrected chi connectivity index (χ4v) is 3.36. The maximum absolute atomic E-state index is 12.2. The number of ether oxygens (including phenoxy) is 2. The highest BCUT2D eigenvalue weighted by atomic mass is 16.5. The van der Waals surface area contributed by atoms with E-state index in [1.165, 1.54) is 23.4 Å². The summed E-state index contributed by atoms with van der Waals surface area (Å²) in [5.41, 5.74) is 1.09. The van der Waals surface area contributed by atoms with Crippen LogP contribution in [0, 0.1) is 0 Å². The van der Waals surface area contributed by atoms with Gasteiger partial charge in [-0.25, -0.2) is 4.79 Å². The molecule has 0 bridgehead atoms. The molecule has 0 spiro atoms. The van der Waals surface area contributed by atoms with Crippen molar-refractivity contribution in [3.8, 4) is 5.75 Å². The summed E-state index contributed by atoms with van der Waals surface area (Å²) in [6.45, 7) is 0.0275. The monoisotopic (exact) mass is 402 g/mol. The van der Waals surface area contributed by atoms with E-state index in [1.807, 2.05) is 0 Å². The molecule has 0 aliphatic heterocycles. The molecule has 1 atom stereocenters. The molecule has 2 aromatic heterocycles. The van der Waals surface area contributed by atoms with E-state index in [4.69, 9.17) is 13.9 Å². The Hall–Kier alpha value is -3.33. The molecule has 0 amide bonds. The molecule has 0 aliphatic rings. The molecule has 1 N–H and O–H groups in total. The Morgan fingerprint density at radius 1 is 1.14 bits per heavy atom. The number of fused-ring (bicyclic) bond motifs is 1.